The smallest absolute Gasteiger partial charge is 0.333 e. The van der Waals surface area contributed by atoms with E-state index in [1.165, 1.54) is 17.1 Å². The Labute approximate surface area is 98.6 Å². The second-order valence-corrected chi connectivity index (χ2v) is 4.68. The molecule has 88 valence electrons. The first-order chi connectivity index (χ1) is 8.26. The Balaban J connectivity index is 1.66. The molecule has 1 aliphatic carbocycles. The van der Waals surface area contributed by atoms with Gasteiger partial charge in [-0.25, -0.2) is 4.79 Å². The molecule has 1 saturated carbocycles. The normalized spacial score (nSPS) is 30.2. The Bertz CT molecular complexity index is 488. The van der Waals surface area contributed by atoms with Crippen LogP contribution in [-0.2, 0) is 0 Å². The number of fused-ring (bicyclic) bond motifs is 2. The number of carbonyl (C=O) groups is 1. The van der Waals surface area contributed by atoms with E-state index in [4.69, 9.17) is 5.26 Å². The van der Waals surface area contributed by atoms with Gasteiger partial charge < -0.3 is 10.6 Å². The molecule has 2 N–H and O–H groups in total. The molecule has 0 radical (unpaired) electrons. The minimum absolute atomic E-state index is 0.239. The first-order valence-corrected chi connectivity index (χ1v) is 5.75. The van der Waals surface area contributed by atoms with Crippen molar-refractivity contribution in [3.8, 4) is 6.07 Å². The molecule has 0 spiro atoms. The Morgan fingerprint density at radius 3 is 3.12 bits per heavy atom. The van der Waals surface area contributed by atoms with Gasteiger partial charge in [0.2, 0.25) is 0 Å². The SMILES string of the molecule is N#Cc1cnn(C(=O)NC2CC3CC2CN3)c1. The highest BCUT2D eigenvalue weighted by Gasteiger charge is 2.40. The number of hydrogen-bond acceptors (Lipinski definition) is 4. The fourth-order valence-electron chi connectivity index (χ4n) is 2.73. The molecule has 17 heavy (non-hydrogen) atoms. The van der Waals surface area contributed by atoms with Crippen molar-refractivity contribution in [2.24, 2.45) is 5.92 Å². The minimum atomic E-state index is -0.246. The summed E-state index contributed by atoms with van der Waals surface area (Å²) in [5.41, 5.74) is 0.398. The van der Waals surface area contributed by atoms with E-state index in [-0.39, 0.29) is 12.1 Å². The van der Waals surface area contributed by atoms with Crippen LogP contribution in [0.4, 0.5) is 4.79 Å². The molecule has 2 aliphatic rings. The maximum absolute atomic E-state index is 11.9. The molecular formula is C11H13N5O. The number of carbonyl (C=O) groups excluding carboxylic acids is 1. The van der Waals surface area contributed by atoms with E-state index in [2.05, 4.69) is 15.7 Å². The summed E-state index contributed by atoms with van der Waals surface area (Å²) in [6, 6.07) is 2.50. The number of rotatable bonds is 1. The highest BCUT2D eigenvalue weighted by atomic mass is 16.2. The molecule has 3 rings (SSSR count). The van der Waals surface area contributed by atoms with Crippen molar-refractivity contribution >= 4 is 6.03 Å². The van der Waals surface area contributed by atoms with E-state index >= 15 is 0 Å². The van der Waals surface area contributed by atoms with Crippen LogP contribution in [-0.4, -0.2) is 34.4 Å². The van der Waals surface area contributed by atoms with E-state index in [0.29, 0.717) is 17.5 Å². The summed E-state index contributed by atoms with van der Waals surface area (Å²) >= 11 is 0. The van der Waals surface area contributed by atoms with Crippen LogP contribution >= 0.6 is 0 Å². The van der Waals surface area contributed by atoms with Crippen molar-refractivity contribution in [1.29, 1.82) is 5.26 Å². The molecule has 2 bridgehead atoms. The van der Waals surface area contributed by atoms with Crippen LogP contribution in [0.15, 0.2) is 12.4 Å². The van der Waals surface area contributed by atoms with Crippen molar-refractivity contribution in [3.05, 3.63) is 18.0 Å². The number of nitrogens with one attached hydrogen (secondary N) is 2. The highest BCUT2D eigenvalue weighted by molar-refractivity contribution is 5.76. The van der Waals surface area contributed by atoms with E-state index in [9.17, 15) is 4.79 Å². The van der Waals surface area contributed by atoms with Crippen LogP contribution in [0.3, 0.4) is 0 Å². The maximum atomic E-state index is 11.9. The summed E-state index contributed by atoms with van der Waals surface area (Å²) in [6.07, 6.45) is 4.97. The Kier molecular flexibility index (Phi) is 2.34. The predicted octanol–water partition coefficient (Wildman–Crippen LogP) is 0.0629. The van der Waals surface area contributed by atoms with Gasteiger partial charge in [0.25, 0.3) is 0 Å². The zero-order valence-corrected chi connectivity index (χ0v) is 9.26. The van der Waals surface area contributed by atoms with Crippen molar-refractivity contribution in [2.45, 2.75) is 24.9 Å². The number of piperidine rings is 1. The molecule has 1 saturated heterocycles. The van der Waals surface area contributed by atoms with Crippen LogP contribution in [0.5, 0.6) is 0 Å². The van der Waals surface area contributed by atoms with Crippen LogP contribution < -0.4 is 10.6 Å². The molecule has 1 aromatic heterocycles. The summed E-state index contributed by atoms with van der Waals surface area (Å²) in [7, 11) is 0. The number of nitrogens with zero attached hydrogens (tertiary/aromatic N) is 3. The number of hydrogen-bond donors (Lipinski definition) is 2. The van der Waals surface area contributed by atoms with Crippen molar-refractivity contribution < 1.29 is 4.79 Å². The van der Waals surface area contributed by atoms with Crippen molar-refractivity contribution in [1.82, 2.24) is 20.4 Å². The van der Waals surface area contributed by atoms with Crippen LogP contribution in [0.25, 0.3) is 0 Å². The first-order valence-electron chi connectivity index (χ1n) is 5.75. The standard InChI is InChI=1S/C11H13N5O/c12-3-7-4-14-16(6-7)11(17)15-10-2-9-1-8(10)5-13-9/h4,6,8-10,13H,1-2,5H2,(H,15,17). The zero-order chi connectivity index (χ0) is 11.8. The second kappa shape index (κ2) is 3.86. The van der Waals surface area contributed by atoms with Gasteiger partial charge in [-0.15, -0.1) is 0 Å². The molecule has 1 amide bonds. The van der Waals surface area contributed by atoms with Crippen molar-refractivity contribution in [2.75, 3.05) is 6.54 Å². The summed E-state index contributed by atoms with van der Waals surface area (Å²) in [4.78, 5) is 11.9. The number of aromatic nitrogens is 2. The lowest BCUT2D eigenvalue weighted by atomic mass is 10.0. The van der Waals surface area contributed by atoms with Crippen LogP contribution in [0.2, 0.25) is 0 Å². The van der Waals surface area contributed by atoms with E-state index in [1.807, 2.05) is 6.07 Å². The quantitative estimate of drug-likeness (QED) is 0.716. The molecule has 2 heterocycles. The molecule has 1 aromatic rings. The van der Waals surface area contributed by atoms with Gasteiger partial charge in [-0.3, -0.25) is 0 Å². The van der Waals surface area contributed by atoms with Crippen molar-refractivity contribution in [3.63, 3.8) is 0 Å². The van der Waals surface area contributed by atoms with Gasteiger partial charge in [0, 0.05) is 18.6 Å². The molecule has 1 aliphatic heterocycles. The van der Waals surface area contributed by atoms with Gasteiger partial charge in [-0.1, -0.05) is 0 Å². The summed E-state index contributed by atoms with van der Waals surface area (Å²) in [5, 5.41) is 18.9. The van der Waals surface area contributed by atoms with Gasteiger partial charge in [0.15, 0.2) is 0 Å². The molecular weight excluding hydrogens is 218 g/mol. The Morgan fingerprint density at radius 1 is 1.65 bits per heavy atom. The summed E-state index contributed by atoms with van der Waals surface area (Å²) in [6.45, 7) is 0.984. The van der Waals surface area contributed by atoms with E-state index < -0.39 is 0 Å². The fourth-order valence-corrected chi connectivity index (χ4v) is 2.73. The lowest BCUT2D eigenvalue weighted by molar-refractivity contribution is 0.230. The van der Waals surface area contributed by atoms with Gasteiger partial charge in [-0.2, -0.15) is 15.0 Å². The third-order valence-electron chi connectivity index (χ3n) is 3.59. The van der Waals surface area contributed by atoms with Gasteiger partial charge >= 0.3 is 6.03 Å². The highest BCUT2D eigenvalue weighted by Crippen LogP contribution is 2.31. The largest absolute Gasteiger partial charge is 0.342 e. The Morgan fingerprint density at radius 2 is 2.53 bits per heavy atom. The number of amides is 1. The fraction of sp³-hybridized carbons (Fsp3) is 0.545. The van der Waals surface area contributed by atoms with Crippen LogP contribution in [0, 0.1) is 17.2 Å². The first kappa shape index (κ1) is 10.3. The Hall–Kier alpha value is -1.87. The van der Waals surface area contributed by atoms with Crippen LogP contribution in [0.1, 0.15) is 18.4 Å². The van der Waals surface area contributed by atoms with E-state index in [0.717, 1.165) is 19.4 Å². The average Bonchev–Trinajstić information content (AvgIpc) is 3.04. The number of nitriles is 1. The average molecular weight is 231 g/mol. The lowest BCUT2D eigenvalue weighted by Gasteiger charge is -2.23. The monoisotopic (exact) mass is 231 g/mol. The molecule has 6 nitrogen and oxygen atoms in total. The van der Waals surface area contributed by atoms with Gasteiger partial charge in [0.05, 0.1) is 18.0 Å². The molecule has 6 heteroatoms. The third-order valence-corrected chi connectivity index (χ3v) is 3.59. The lowest BCUT2D eigenvalue weighted by Crippen LogP contribution is -2.45. The third kappa shape index (κ3) is 1.78. The zero-order valence-electron chi connectivity index (χ0n) is 9.26. The predicted molar refractivity (Wildman–Crippen MR) is 59.2 cm³/mol. The van der Waals surface area contributed by atoms with Gasteiger partial charge in [-0.05, 0) is 18.8 Å². The molecule has 3 atom stereocenters. The molecule has 3 unspecified atom stereocenters. The van der Waals surface area contributed by atoms with Gasteiger partial charge in [0.1, 0.15) is 6.07 Å². The maximum Gasteiger partial charge on any atom is 0.342 e. The minimum Gasteiger partial charge on any atom is -0.333 e. The van der Waals surface area contributed by atoms with E-state index in [1.54, 1.807) is 0 Å². The molecule has 2 fully saturated rings. The summed E-state index contributed by atoms with van der Waals surface area (Å²) < 4.78 is 1.19. The topological polar surface area (TPSA) is 82.7 Å². The molecule has 0 aromatic carbocycles. The second-order valence-electron chi connectivity index (χ2n) is 4.68. The summed E-state index contributed by atoms with van der Waals surface area (Å²) in [5.74, 6) is 0.537.